The summed E-state index contributed by atoms with van der Waals surface area (Å²) in [7, 11) is 3.12. The Morgan fingerprint density at radius 2 is 1.65 bits per heavy atom. The molecule has 186 valence electrons. The summed E-state index contributed by atoms with van der Waals surface area (Å²) in [5.74, 6) is 0.923. The quantitative estimate of drug-likeness (QED) is 0.249. The summed E-state index contributed by atoms with van der Waals surface area (Å²) in [6, 6.07) is 29.1. The van der Waals surface area contributed by atoms with Gasteiger partial charge in [-0.1, -0.05) is 79.3 Å². The first-order valence-corrected chi connectivity index (χ1v) is 12.7. The first-order chi connectivity index (χ1) is 18.1. The number of carbonyl (C=O) groups excluding carboxylic acids is 1. The van der Waals surface area contributed by atoms with E-state index in [1.54, 1.807) is 32.4 Å². The molecule has 0 bridgehead atoms. The number of methoxy groups -OCH3 is 2. The highest BCUT2D eigenvalue weighted by molar-refractivity contribution is 8.00. The van der Waals surface area contributed by atoms with E-state index >= 15 is 0 Å². The van der Waals surface area contributed by atoms with Crippen LogP contribution in [-0.2, 0) is 4.79 Å². The summed E-state index contributed by atoms with van der Waals surface area (Å²) in [6.07, 6.45) is 0.533. The number of hydrogen-bond acceptors (Lipinski definition) is 6. The van der Waals surface area contributed by atoms with Gasteiger partial charge in [-0.25, -0.2) is 4.98 Å². The maximum absolute atomic E-state index is 13.4. The second-order valence-corrected chi connectivity index (χ2v) is 9.34. The molecule has 0 spiro atoms. The van der Waals surface area contributed by atoms with Crippen LogP contribution < -0.4 is 14.8 Å². The Balaban J connectivity index is 1.73. The second-order valence-electron chi connectivity index (χ2n) is 8.15. The maximum Gasteiger partial charge on any atom is 0.238 e. The van der Waals surface area contributed by atoms with Gasteiger partial charge in [0.15, 0.2) is 0 Å². The van der Waals surface area contributed by atoms with E-state index in [0.29, 0.717) is 34.2 Å². The third kappa shape index (κ3) is 5.93. The molecule has 0 aliphatic carbocycles. The van der Waals surface area contributed by atoms with E-state index in [2.05, 4.69) is 11.4 Å². The number of carbonyl (C=O) groups is 1. The molecule has 1 atom stereocenters. The van der Waals surface area contributed by atoms with E-state index in [1.165, 1.54) is 11.8 Å². The van der Waals surface area contributed by atoms with Crippen LogP contribution in [0.1, 0.15) is 18.9 Å². The molecule has 1 heterocycles. The molecular formula is C30H27N3O3S. The SMILES string of the molecule is CCC(Sc1nc(-c2ccccc2)cc(-c2ccccc2)c1C#N)C(=O)Nc1cc(OC)ccc1OC. The molecule has 3 aromatic carbocycles. The summed E-state index contributed by atoms with van der Waals surface area (Å²) in [6.45, 7) is 1.94. The molecule has 4 rings (SSSR count). The van der Waals surface area contributed by atoms with Gasteiger partial charge in [-0.05, 0) is 30.2 Å². The van der Waals surface area contributed by atoms with E-state index in [1.807, 2.05) is 73.7 Å². The predicted octanol–water partition coefficient (Wildman–Crippen LogP) is 6.81. The maximum atomic E-state index is 13.4. The van der Waals surface area contributed by atoms with Crippen LogP contribution in [0.5, 0.6) is 11.5 Å². The summed E-state index contributed by atoms with van der Waals surface area (Å²) in [5, 5.41) is 13.2. The first kappa shape index (κ1) is 25.8. The zero-order valence-electron chi connectivity index (χ0n) is 20.9. The zero-order valence-corrected chi connectivity index (χ0v) is 21.7. The Kier molecular flexibility index (Phi) is 8.44. The molecule has 6 nitrogen and oxygen atoms in total. The van der Waals surface area contributed by atoms with Crippen LogP contribution in [0.15, 0.2) is 90.0 Å². The summed E-state index contributed by atoms with van der Waals surface area (Å²) < 4.78 is 10.7. The van der Waals surface area contributed by atoms with Gasteiger partial charge < -0.3 is 14.8 Å². The first-order valence-electron chi connectivity index (χ1n) is 11.8. The van der Waals surface area contributed by atoms with Crippen LogP contribution in [0, 0.1) is 11.3 Å². The van der Waals surface area contributed by atoms with Crippen LogP contribution >= 0.6 is 11.8 Å². The number of pyridine rings is 1. The lowest BCUT2D eigenvalue weighted by Crippen LogP contribution is -2.25. The van der Waals surface area contributed by atoms with Gasteiger partial charge in [-0.3, -0.25) is 4.79 Å². The number of rotatable bonds is 9. The lowest BCUT2D eigenvalue weighted by molar-refractivity contribution is -0.115. The second kappa shape index (κ2) is 12.1. The third-order valence-corrected chi connectivity index (χ3v) is 7.18. The van der Waals surface area contributed by atoms with Crippen LogP contribution in [0.25, 0.3) is 22.4 Å². The van der Waals surface area contributed by atoms with E-state index in [-0.39, 0.29) is 5.91 Å². The number of thioether (sulfide) groups is 1. The van der Waals surface area contributed by atoms with Crippen molar-refractivity contribution in [2.75, 3.05) is 19.5 Å². The molecule has 1 amide bonds. The molecule has 0 aliphatic heterocycles. The highest BCUT2D eigenvalue weighted by Gasteiger charge is 2.24. The van der Waals surface area contributed by atoms with Gasteiger partial charge in [0.1, 0.15) is 22.6 Å². The number of nitrogens with one attached hydrogen (secondary N) is 1. The van der Waals surface area contributed by atoms with E-state index in [4.69, 9.17) is 14.5 Å². The summed E-state index contributed by atoms with van der Waals surface area (Å²) in [5.41, 5.74) is 4.34. The van der Waals surface area contributed by atoms with Crippen molar-refractivity contribution in [1.29, 1.82) is 5.26 Å². The van der Waals surface area contributed by atoms with Crippen LogP contribution in [-0.4, -0.2) is 30.4 Å². The molecule has 7 heteroatoms. The number of amides is 1. The molecule has 0 radical (unpaired) electrons. The van der Waals surface area contributed by atoms with E-state index in [0.717, 1.165) is 22.4 Å². The van der Waals surface area contributed by atoms with Crippen molar-refractivity contribution >= 4 is 23.4 Å². The normalized spacial score (nSPS) is 11.3. The van der Waals surface area contributed by atoms with Crippen molar-refractivity contribution in [3.8, 4) is 40.0 Å². The monoisotopic (exact) mass is 509 g/mol. The fraction of sp³-hybridized carbons (Fsp3) is 0.167. The fourth-order valence-electron chi connectivity index (χ4n) is 3.90. The molecule has 37 heavy (non-hydrogen) atoms. The number of ether oxygens (including phenoxy) is 2. The average molecular weight is 510 g/mol. The highest BCUT2D eigenvalue weighted by atomic mass is 32.2. The molecule has 0 saturated carbocycles. The number of nitrogens with zero attached hydrogens (tertiary/aromatic N) is 2. The smallest absolute Gasteiger partial charge is 0.238 e. The molecule has 0 saturated heterocycles. The third-order valence-electron chi connectivity index (χ3n) is 5.83. The van der Waals surface area contributed by atoms with Crippen molar-refractivity contribution < 1.29 is 14.3 Å². The van der Waals surface area contributed by atoms with Crippen LogP contribution in [0.3, 0.4) is 0 Å². The average Bonchev–Trinajstić information content (AvgIpc) is 2.96. The fourth-order valence-corrected chi connectivity index (χ4v) is 4.93. The molecule has 0 aliphatic rings. The Labute approximate surface area is 221 Å². The van der Waals surface area contributed by atoms with Crippen molar-refractivity contribution in [1.82, 2.24) is 4.98 Å². The van der Waals surface area contributed by atoms with Crippen molar-refractivity contribution in [3.63, 3.8) is 0 Å². The number of hydrogen-bond donors (Lipinski definition) is 1. The number of aromatic nitrogens is 1. The molecule has 1 aromatic heterocycles. The van der Waals surface area contributed by atoms with Gasteiger partial charge in [0.05, 0.1) is 36.4 Å². The Morgan fingerprint density at radius 1 is 0.973 bits per heavy atom. The van der Waals surface area contributed by atoms with Crippen LogP contribution in [0.4, 0.5) is 5.69 Å². The van der Waals surface area contributed by atoms with Gasteiger partial charge in [-0.15, -0.1) is 0 Å². The molecule has 1 unspecified atom stereocenters. The van der Waals surface area contributed by atoms with Gasteiger partial charge in [-0.2, -0.15) is 5.26 Å². The Hall–Kier alpha value is -4.28. The molecule has 0 fully saturated rings. The summed E-state index contributed by atoms with van der Waals surface area (Å²) >= 11 is 1.29. The summed E-state index contributed by atoms with van der Waals surface area (Å²) in [4.78, 5) is 18.2. The lowest BCUT2D eigenvalue weighted by atomic mass is 9.99. The lowest BCUT2D eigenvalue weighted by Gasteiger charge is -2.18. The predicted molar refractivity (Wildman–Crippen MR) is 148 cm³/mol. The van der Waals surface area contributed by atoms with Crippen molar-refractivity contribution in [3.05, 3.63) is 90.5 Å². The minimum atomic E-state index is -0.495. The highest BCUT2D eigenvalue weighted by Crippen LogP contribution is 2.37. The van der Waals surface area contributed by atoms with Gasteiger partial charge >= 0.3 is 0 Å². The molecule has 1 N–H and O–H groups in total. The van der Waals surface area contributed by atoms with Gasteiger partial charge in [0.25, 0.3) is 0 Å². The Bertz CT molecular complexity index is 1420. The number of anilines is 1. The number of nitriles is 1. The van der Waals surface area contributed by atoms with Crippen LogP contribution in [0.2, 0.25) is 0 Å². The van der Waals surface area contributed by atoms with Crippen molar-refractivity contribution in [2.24, 2.45) is 0 Å². The molecular weight excluding hydrogens is 482 g/mol. The van der Waals surface area contributed by atoms with Crippen molar-refractivity contribution in [2.45, 2.75) is 23.6 Å². The standard InChI is InChI=1S/C30H27N3O3S/c1-4-28(29(34)32-26-17-22(35-2)15-16-27(26)36-3)37-30-24(19-31)23(20-11-7-5-8-12-20)18-25(33-30)21-13-9-6-10-14-21/h5-18,28H,4H2,1-3H3,(H,32,34). The van der Waals surface area contributed by atoms with E-state index in [9.17, 15) is 10.1 Å². The zero-order chi connectivity index (χ0) is 26.2. The van der Waals surface area contributed by atoms with Gasteiger partial charge in [0.2, 0.25) is 5.91 Å². The Morgan fingerprint density at radius 3 is 2.24 bits per heavy atom. The topological polar surface area (TPSA) is 84.2 Å². The minimum absolute atomic E-state index is 0.212. The molecule has 4 aromatic rings. The van der Waals surface area contributed by atoms with E-state index < -0.39 is 5.25 Å². The van der Waals surface area contributed by atoms with Gasteiger partial charge in [0, 0.05) is 17.2 Å². The largest absolute Gasteiger partial charge is 0.497 e. The number of benzene rings is 3. The minimum Gasteiger partial charge on any atom is -0.497 e.